The second kappa shape index (κ2) is 10.7. The molecule has 1 aliphatic heterocycles. The molecule has 1 saturated heterocycles. The third kappa shape index (κ3) is 5.43. The minimum atomic E-state index is -0.574. The number of hydrogen-bond donors (Lipinski definition) is 2. The summed E-state index contributed by atoms with van der Waals surface area (Å²) in [5.74, 6) is -0.279. The summed E-state index contributed by atoms with van der Waals surface area (Å²) in [5, 5.41) is 5.72. The van der Waals surface area contributed by atoms with Crippen LogP contribution in [0.15, 0.2) is 72.8 Å². The average Bonchev–Trinajstić information content (AvgIpc) is 3.29. The Morgan fingerprint density at radius 1 is 0.971 bits per heavy atom. The quantitative estimate of drug-likeness (QED) is 0.521. The van der Waals surface area contributed by atoms with Gasteiger partial charge in [-0.25, -0.2) is 0 Å². The number of rotatable bonds is 8. The number of benzene rings is 3. The van der Waals surface area contributed by atoms with Crippen LogP contribution in [0, 0.1) is 5.92 Å². The second-order valence-electron chi connectivity index (χ2n) is 8.15. The van der Waals surface area contributed by atoms with Crippen molar-refractivity contribution in [1.29, 1.82) is 0 Å². The molecule has 1 heterocycles. The maximum atomic E-state index is 13.1. The third-order valence-corrected chi connectivity index (χ3v) is 5.90. The number of para-hydroxylation sites is 1. The molecule has 0 aromatic heterocycles. The van der Waals surface area contributed by atoms with Crippen LogP contribution in [0.4, 0.5) is 11.4 Å². The molecule has 0 spiro atoms. The first-order valence-corrected chi connectivity index (χ1v) is 11.2. The Kier molecular flexibility index (Phi) is 7.30. The summed E-state index contributed by atoms with van der Waals surface area (Å²) in [7, 11) is 3.07. The fourth-order valence-corrected chi connectivity index (χ4v) is 4.02. The number of carbonyl (C=O) groups excluding carboxylic acids is 3. The summed E-state index contributed by atoms with van der Waals surface area (Å²) in [5.41, 5.74) is 2.31. The summed E-state index contributed by atoms with van der Waals surface area (Å²) >= 11 is 0. The lowest BCUT2D eigenvalue weighted by molar-refractivity contribution is -0.122. The molecule has 1 unspecified atom stereocenters. The average molecular weight is 474 g/mol. The maximum Gasteiger partial charge on any atom is 0.253 e. The van der Waals surface area contributed by atoms with Crippen LogP contribution in [0.3, 0.4) is 0 Å². The summed E-state index contributed by atoms with van der Waals surface area (Å²) in [4.78, 5) is 40.2. The van der Waals surface area contributed by atoms with E-state index < -0.39 is 5.92 Å². The number of methoxy groups -OCH3 is 2. The minimum Gasteiger partial charge on any atom is -0.497 e. The number of amides is 3. The fraction of sp³-hybridized carbons (Fsp3) is 0.222. The molecule has 3 amide bonds. The van der Waals surface area contributed by atoms with Crippen molar-refractivity contribution in [2.24, 2.45) is 5.92 Å². The van der Waals surface area contributed by atoms with Gasteiger partial charge in [-0.2, -0.15) is 0 Å². The predicted molar refractivity (Wildman–Crippen MR) is 133 cm³/mol. The molecular weight excluding hydrogens is 446 g/mol. The lowest BCUT2D eigenvalue weighted by Gasteiger charge is -2.20. The Morgan fingerprint density at radius 2 is 1.71 bits per heavy atom. The first-order valence-electron chi connectivity index (χ1n) is 11.2. The second-order valence-corrected chi connectivity index (χ2v) is 8.15. The fourth-order valence-electron chi connectivity index (χ4n) is 4.02. The van der Waals surface area contributed by atoms with Crippen LogP contribution in [0.25, 0.3) is 0 Å². The molecule has 0 saturated carbocycles. The number of carbonyl (C=O) groups is 3. The normalized spacial score (nSPS) is 15.0. The van der Waals surface area contributed by atoms with E-state index in [0.717, 1.165) is 5.56 Å². The first kappa shape index (κ1) is 23.8. The van der Waals surface area contributed by atoms with Gasteiger partial charge < -0.3 is 25.0 Å². The number of nitrogens with zero attached hydrogens (tertiary/aromatic N) is 1. The number of nitrogens with one attached hydrogen (secondary N) is 2. The van der Waals surface area contributed by atoms with Crippen molar-refractivity contribution in [3.8, 4) is 11.5 Å². The van der Waals surface area contributed by atoms with Crippen LogP contribution in [-0.4, -0.2) is 38.5 Å². The molecule has 180 valence electrons. The number of ether oxygens (including phenoxy) is 2. The summed E-state index contributed by atoms with van der Waals surface area (Å²) < 4.78 is 10.6. The molecule has 2 N–H and O–H groups in total. The molecule has 4 rings (SSSR count). The van der Waals surface area contributed by atoms with E-state index in [1.54, 1.807) is 54.5 Å². The SMILES string of the molecule is COc1ccc(N2CC(C(=O)Nc3ccccc3C(=O)NCc3ccccc3)CC2=O)c(OC)c1. The van der Waals surface area contributed by atoms with Gasteiger partial charge in [0, 0.05) is 25.6 Å². The van der Waals surface area contributed by atoms with Crippen molar-refractivity contribution in [2.45, 2.75) is 13.0 Å². The van der Waals surface area contributed by atoms with Gasteiger partial charge in [0.15, 0.2) is 0 Å². The molecule has 0 bridgehead atoms. The van der Waals surface area contributed by atoms with Gasteiger partial charge >= 0.3 is 0 Å². The van der Waals surface area contributed by atoms with Crippen molar-refractivity contribution in [2.75, 3.05) is 31.0 Å². The topological polar surface area (TPSA) is 97.0 Å². The van der Waals surface area contributed by atoms with Crippen LogP contribution in [0.5, 0.6) is 11.5 Å². The summed E-state index contributed by atoms with van der Waals surface area (Å²) in [6.45, 7) is 0.577. The van der Waals surface area contributed by atoms with Gasteiger partial charge in [-0.05, 0) is 29.8 Å². The Bertz CT molecular complexity index is 1230. The molecular formula is C27H27N3O5. The van der Waals surface area contributed by atoms with Gasteiger partial charge in [0.25, 0.3) is 5.91 Å². The van der Waals surface area contributed by atoms with Crippen LogP contribution < -0.4 is 25.0 Å². The van der Waals surface area contributed by atoms with E-state index in [9.17, 15) is 14.4 Å². The molecule has 8 heteroatoms. The predicted octanol–water partition coefficient (Wildman–Crippen LogP) is 3.63. The van der Waals surface area contributed by atoms with E-state index in [4.69, 9.17) is 9.47 Å². The molecule has 35 heavy (non-hydrogen) atoms. The molecule has 0 radical (unpaired) electrons. The minimum absolute atomic E-state index is 0.0589. The van der Waals surface area contributed by atoms with Crippen molar-refractivity contribution in [3.63, 3.8) is 0 Å². The highest BCUT2D eigenvalue weighted by molar-refractivity contribution is 6.07. The highest BCUT2D eigenvalue weighted by Crippen LogP contribution is 2.36. The Hall–Kier alpha value is -4.33. The van der Waals surface area contributed by atoms with Crippen LogP contribution in [0.1, 0.15) is 22.3 Å². The molecule has 3 aromatic carbocycles. The van der Waals surface area contributed by atoms with Crippen LogP contribution in [0.2, 0.25) is 0 Å². The van der Waals surface area contributed by atoms with Crippen molar-refractivity contribution >= 4 is 29.1 Å². The van der Waals surface area contributed by atoms with Crippen LogP contribution in [-0.2, 0) is 16.1 Å². The highest BCUT2D eigenvalue weighted by atomic mass is 16.5. The number of anilines is 2. The maximum absolute atomic E-state index is 13.1. The molecule has 8 nitrogen and oxygen atoms in total. The van der Waals surface area contributed by atoms with Gasteiger partial charge in [0.05, 0.1) is 37.1 Å². The van der Waals surface area contributed by atoms with Crippen molar-refractivity contribution in [3.05, 3.63) is 83.9 Å². The van der Waals surface area contributed by atoms with E-state index in [-0.39, 0.29) is 30.7 Å². The largest absolute Gasteiger partial charge is 0.497 e. The van der Waals surface area contributed by atoms with Gasteiger partial charge in [-0.3, -0.25) is 14.4 Å². The lowest BCUT2D eigenvalue weighted by atomic mass is 10.1. The van der Waals surface area contributed by atoms with E-state index in [1.807, 2.05) is 30.3 Å². The van der Waals surface area contributed by atoms with Gasteiger partial charge in [-0.1, -0.05) is 42.5 Å². The Balaban J connectivity index is 1.44. The number of hydrogen-bond acceptors (Lipinski definition) is 5. The Morgan fingerprint density at radius 3 is 2.46 bits per heavy atom. The third-order valence-electron chi connectivity index (χ3n) is 5.90. The van der Waals surface area contributed by atoms with E-state index in [2.05, 4.69) is 10.6 Å². The Labute approximate surface area is 203 Å². The summed E-state index contributed by atoms with van der Waals surface area (Å²) in [6, 6.07) is 21.6. The van der Waals surface area contributed by atoms with Gasteiger partial charge in [0.2, 0.25) is 11.8 Å². The zero-order valence-electron chi connectivity index (χ0n) is 19.6. The van der Waals surface area contributed by atoms with E-state index in [1.165, 1.54) is 7.11 Å². The highest BCUT2D eigenvalue weighted by Gasteiger charge is 2.36. The first-order chi connectivity index (χ1) is 17.0. The molecule has 1 atom stereocenters. The molecule has 3 aromatic rings. The van der Waals surface area contributed by atoms with Gasteiger partial charge in [0.1, 0.15) is 11.5 Å². The lowest BCUT2D eigenvalue weighted by Crippen LogP contribution is -2.29. The van der Waals surface area contributed by atoms with Gasteiger partial charge in [-0.15, -0.1) is 0 Å². The van der Waals surface area contributed by atoms with E-state index in [0.29, 0.717) is 35.0 Å². The zero-order chi connectivity index (χ0) is 24.8. The molecule has 1 aliphatic rings. The standard InChI is InChI=1S/C27H27N3O5/c1-34-20-12-13-23(24(15-20)35-2)30-17-19(14-25(30)31)26(32)29-22-11-7-6-10-21(22)27(33)28-16-18-8-4-3-5-9-18/h3-13,15,19H,14,16-17H2,1-2H3,(H,28,33)(H,29,32). The zero-order valence-corrected chi connectivity index (χ0v) is 19.6. The summed E-state index contributed by atoms with van der Waals surface area (Å²) in [6.07, 6.45) is 0.0589. The molecule has 1 fully saturated rings. The van der Waals surface area contributed by atoms with Crippen molar-refractivity contribution in [1.82, 2.24) is 5.32 Å². The van der Waals surface area contributed by atoms with Crippen LogP contribution >= 0.6 is 0 Å². The monoisotopic (exact) mass is 473 g/mol. The van der Waals surface area contributed by atoms with Crippen molar-refractivity contribution < 1.29 is 23.9 Å². The smallest absolute Gasteiger partial charge is 0.253 e. The van der Waals surface area contributed by atoms with E-state index >= 15 is 0 Å². The molecule has 0 aliphatic carbocycles.